The standard InChI is InChI=1S/C21H23F3N6O2/c22-11-7-15(23)18(16(24)8-11)28-21-27-17-9-25-20(26-12-1-3-14(31)4-2-12)29-19(17)30(21)13-5-6-32-10-13/h7-9,12-14,31H,1-6,10H2,(H,27,28)(H,25,26,29)/i1D2,2D2,3D,4D2. The van der Waals surface area contributed by atoms with Crippen molar-refractivity contribution in [3.63, 3.8) is 0 Å². The third kappa shape index (κ3) is 4.09. The number of fused-ring (bicyclic) bond motifs is 1. The molecule has 0 amide bonds. The Balaban J connectivity index is 1.58. The second-order valence-corrected chi connectivity index (χ2v) is 7.24. The van der Waals surface area contributed by atoms with Crippen LogP contribution in [0.4, 0.5) is 30.8 Å². The molecule has 4 unspecified atom stereocenters. The molecule has 1 aliphatic carbocycles. The number of benzene rings is 1. The molecule has 1 aliphatic heterocycles. The summed E-state index contributed by atoms with van der Waals surface area (Å²) in [6, 6.07) is -1.41. The molecular weight excluding hydrogens is 425 g/mol. The van der Waals surface area contributed by atoms with E-state index in [9.17, 15) is 18.3 Å². The van der Waals surface area contributed by atoms with Crippen molar-refractivity contribution < 1.29 is 32.6 Å². The van der Waals surface area contributed by atoms with Crippen LogP contribution >= 0.6 is 0 Å². The van der Waals surface area contributed by atoms with Gasteiger partial charge in [-0.2, -0.15) is 4.98 Å². The predicted molar refractivity (Wildman–Crippen MR) is 111 cm³/mol. The molecule has 3 heterocycles. The number of ether oxygens (including phenoxy) is 1. The summed E-state index contributed by atoms with van der Waals surface area (Å²) >= 11 is 0. The average Bonchev–Trinajstić information content (AvgIpc) is 3.49. The highest BCUT2D eigenvalue weighted by Crippen LogP contribution is 2.32. The lowest BCUT2D eigenvalue weighted by Gasteiger charge is -2.26. The number of anilines is 3. The zero-order valence-electron chi connectivity index (χ0n) is 23.4. The molecule has 4 atom stereocenters. The van der Waals surface area contributed by atoms with E-state index in [1.807, 2.05) is 0 Å². The van der Waals surface area contributed by atoms with Crippen molar-refractivity contribution in [3.8, 4) is 0 Å². The van der Waals surface area contributed by atoms with Gasteiger partial charge in [0.2, 0.25) is 11.9 Å². The first-order valence-corrected chi connectivity index (χ1v) is 9.77. The fraction of sp³-hybridized carbons (Fsp3) is 0.476. The molecule has 2 aromatic heterocycles. The quantitative estimate of drug-likeness (QED) is 0.540. The Morgan fingerprint density at radius 3 is 2.72 bits per heavy atom. The minimum Gasteiger partial charge on any atom is -0.393 e. The van der Waals surface area contributed by atoms with E-state index in [1.54, 1.807) is 0 Å². The maximum atomic E-state index is 14.4. The summed E-state index contributed by atoms with van der Waals surface area (Å²) in [6.07, 6.45) is -11.4. The summed E-state index contributed by atoms with van der Waals surface area (Å²) in [4.78, 5) is 12.6. The van der Waals surface area contributed by atoms with Gasteiger partial charge in [-0.05, 0) is 31.9 Å². The van der Waals surface area contributed by atoms with Crippen LogP contribution in [0.15, 0.2) is 18.3 Å². The van der Waals surface area contributed by atoms with Gasteiger partial charge in [0.05, 0.1) is 24.9 Å². The zero-order valence-corrected chi connectivity index (χ0v) is 16.4. The Bertz CT molecular complexity index is 1400. The highest BCUT2D eigenvalue weighted by molar-refractivity contribution is 5.76. The summed E-state index contributed by atoms with van der Waals surface area (Å²) in [5.41, 5.74) is -0.434. The van der Waals surface area contributed by atoms with Gasteiger partial charge in [-0.25, -0.2) is 23.1 Å². The zero-order chi connectivity index (χ0) is 28.5. The van der Waals surface area contributed by atoms with Crippen molar-refractivity contribution in [1.29, 1.82) is 0 Å². The number of rotatable bonds is 5. The lowest BCUT2D eigenvalue weighted by atomic mass is 9.93. The summed E-state index contributed by atoms with van der Waals surface area (Å²) in [5, 5.41) is 15.1. The van der Waals surface area contributed by atoms with Crippen LogP contribution in [0.5, 0.6) is 0 Å². The third-order valence-corrected chi connectivity index (χ3v) is 5.02. The number of imidazole rings is 1. The van der Waals surface area contributed by atoms with Crippen LogP contribution in [0.25, 0.3) is 11.2 Å². The lowest BCUT2D eigenvalue weighted by molar-refractivity contribution is 0.126. The van der Waals surface area contributed by atoms with Gasteiger partial charge >= 0.3 is 0 Å². The number of hydrogen-bond donors (Lipinski definition) is 3. The first-order valence-electron chi connectivity index (χ1n) is 13.3. The maximum Gasteiger partial charge on any atom is 0.224 e. The number of hydrogen-bond acceptors (Lipinski definition) is 7. The van der Waals surface area contributed by atoms with E-state index in [-0.39, 0.29) is 29.7 Å². The Kier molecular flexibility index (Phi) is 3.81. The largest absolute Gasteiger partial charge is 0.393 e. The van der Waals surface area contributed by atoms with Crippen molar-refractivity contribution >= 4 is 28.7 Å². The molecule has 3 N–H and O–H groups in total. The van der Waals surface area contributed by atoms with Crippen LogP contribution in [0.3, 0.4) is 0 Å². The van der Waals surface area contributed by atoms with Crippen LogP contribution in [0, 0.1) is 17.5 Å². The molecule has 1 saturated carbocycles. The van der Waals surface area contributed by atoms with Crippen molar-refractivity contribution in [3.05, 3.63) is 35.8 Å². The second kappa shape index (κ2) is 8.55. The molecule has 2 aliphatic rings. The van der Waals surface area contributed by atoms with E-state index in [2.05, 4.69) is 25.6 Å². The SMILES string of the molecule is [2H]C1C(O)C([2H])([2H])C([2H])([2H])C(Nc2ncc3nc(Nc4c(F)cc(F)cc4F)n(C4CCOC4)c3n2)C1([2H])[2H]. The minimum atomic E-state index is -3.00. The molecule has 5 rings (SSSR count). The van der Waals surface area contributed by atoms with Crippen LogP contribution in [-0.4, -0.2) is 50.0 Å². The number of nitrogens with one attached hydrogen (secondary N) is 2. The van der Waals surface area contributed by atoms with E-state index < -0.39 is 66.8 Å². The van der Waals surface area contributed by atoms with Gasteiger partial charge in [-0.15, -0.1) is 0 Å². The van der Waals surface area contributed by atoms with E-state index in [0.717, 1.165) is 0 Å². The van der Waals surface area contributed by atoms with Crippen LogP contribution in [0.1, 0.15) is 47.6 Å². The third-order valence-electron chi connectivity index (χ3n) is 5.02. The van der Waals surface area contributed by atoms with Crippen LogP contribution in [0.2, 0.25) is 0 Å². The molecule has 170 valence electrons. The van der Waals surface area contributed by atoms with Crippen molar-refractivity contribution in [2.45, 2.75) is 50.1 Å². The topological polar surface area (TPSA) is 97.1 Å². The number of aliphatic hydroxyl groups excluding tert-OH is 1. The van der Waals surface area contributed by atoms with Crippen molar-refractivity contribution in [2.24, 2.45) is 0 Å². The molecule has 2 fully saturated rings. The number of aliphatic hydroxyl groups is 1. The monoisotopic (exact) mass is 455 g/mol. The van der Waals surface area contributed by atoms with Gasteiger partial charge in [0.25, 0.3) is 0 Å². The van der Waals surface area contributed by atoms with Gasteiger partial charge in [0.15, 0.2) is 17.3 Å². The molecule has 1 aromatic carbocycles. The molecule has 0 radical (unpaired) electrons. The van der Waals surface area contributed by atoms with Crippen LogP contribution < -0.4 is 10.6 Å². The number of nitrogens with zero attached hydrogens (tertiary/aromatic N) is 4. The number of aromatic nitrogens is 4. The van der Waals surface area contributed by atoms with Gasteiger partial charge in [-0.3, -0.25) is 4.57 Å². The second-order valence-electron chi connectivity index (χ2n) is 7.24. The van der Waals surface area contributed by atoms with E-state index >= 15 is 0 Å². The molecular formula is C21H23F3N6O2. The smallest absolute Gasteiger partial charge is 0.224 e. The first kappa shape index (κ1) is 14.3. The van der Waals surface area contributed by atoms with Gasteiger partial charge in [-0.1, -0.05) is 0 Å². The van der Waals surface area contributed by atoms with Gasteiger partial charge in [0.1, 0.15) is 17.0 Å². The van der Waals surface area contributed by atoms with Crippen molar-refractivity contribution in [2.75, 3.05) is 23.8 Å². The summed E-state index contributed by atoms with van der Waals surface area (Å²) in [6.45, 7) is 0.553. The average molecular weight is 455 g/mol. The first-order chi connectivity index (χ1) is 18.2. The molecule has 0 bridgehead atoms. The summed E-state index contributed by atoms with van der Waals surface area (Å²) < 4.78 is 106. The highest BCUT2D eigenvalue weighted by Gasteiger charge is 2.27. The maximum absolute atomic E-state index is 14.4. The highest BCUT2D eigenvalue weighted by atomic mass is 19.1. The fourth-order valence-corrected chi connectivity index (χ4v) is 3.54. The van der Waals surface area contributed by atoms with Crippen molar-refractivity contribution in [1.82, 2.24) is 19.5 Å². The van der Waals surface area contributed by atoms with Gasteiger partial charge < -0.3 is 20.5 Å². The normalized spacial score (nSPS) is 33.8. The minimum absolute atomic E-state index is 0.0784. The summed E-state index contributed by atoms with van der Waals surface area (Å²) in [5.74, 6) is -3.93. The van der Waals surface area contributed by atoms with Gasteiger partial charge in [0, 0.05) is 34.4 Å². The fourth-order valence-electron chi connectivity index (χ4n) is 3.54. The molecule has 32 heavy (non-hydrogen) atoms. The van der Waals surface area contributed by atoms with E-state index in [4.69, 9.17) is 14.3 Å². The molecule has 3 aromatic rings. The molecule has 8 nitrogen and oxygen atoms in total. The molecule has 11 heteroatoms. The predicted octanol–water partition coefficient (Wildman–Crippen LogP) is 3.66. The Labute approximate surface area is 191 Å². The van der Waals surface area contributed by atoms with E-state index in [0.29, 0.717) is 25.2 Å². The Morgan fingerprint density at radius 2 is 1.97 bits per heavy atom. The number of halogens is 3. The van der Waals surface area contributed by atoms with E-state index in [1.165, 1.54) is 10.8 Å². The molecule has 0 spiro atoms. The lowest BCUT2D eigenvalue weighted by Crippen LogP contribution is -2.29. The Morgan fingerprint density at radius 1 is 1.16 bits per heavy atom. The van der Waals surface area contributed by atoms with Crippen LogP contribution in [-0.2, 0) is 4.74 Å². The molecule has 1 saturated heterocycles. The summed E-state index contributed by atoms with van der Waals surface area (Å²) in [7, 11) is 0. The Hall–Kier alpha value is -2.92.